The third kappa shape index (κ3) is 4.67. The van der Waals surface area contributed by atoms with Crippen LogP contribution in [0.3, 0.4) is 0 Å². The number of likely N-dealkylation sites (tertiary alicyclic amines) is 1. The zero-order valence-corrected chi connectivity index (χ0v) is 20.8. The molecule has 1 saturated heterocycles. The Balaban J connectivity index is 1.76. The lowest BCUT2D eigenvalue weighted by atomic mass is 9.77. The molecule has 2 atom stereocenters. The van der Waals surface area contributed by atoms with Crippen LogP contribution in [0.2, 0.25) is 0 Å². The molecule has 12 heteroatoms. The molecule has 3 heterocycles. The number of aromatic nitrogens is 1. The van der Waals surface area contributed by atoms with Gasteiger partial charge in [0.05, 0.1) is 37.2 Å². The van der Waals surface area contributed by atoms with Crippen molar-refractivity contribution >= 4 is 29.4 Å². The number of hydrogen-bond acceptors (Lipinski definition) is 9. The number of ketones is 1. The zero-order chi connectivity index (χ0) is 27.2. The van der Waals surface area contributed by atoms with Crippen molar-refractivity contribution in [2.75, 3.05) is 30.3 Å². The van der Waals surface area contributed by atoms with Crippen LogP contribution in [0.4, 0.5) is 24.8 Å². The zero-order valence-electron chi connectivity index (χ0n) is 20.8. The molecule has 4 rings (SSSR count). The predicted octanol–water partition coefficient (Wildman–Crippen LogP) is 2.99. The van der Waals surface area contributed by atoms with Crippen LogP contribution < -0.4 is 10.6 Å². The number of halogens is 3. The summed E-state index contributed by atoms with van der Waals surface area (Å²) in [6, 6.07) is 0.536. The predicted molar refractivity (Wildman–Crippen MR) is 126 cm³/mol. The van der Waals surface area contributed by atoms with Crippen molar-refractivity contribution in [2.45, 2.75) is 33.8 Å². The van der Waals surface area contributed by atoms with E-state index < -0.39 is 64.4 Å². The molecule has 2 unspecified atom stereocenters. The lowest BCUT2D eigenvalue weighted by Gasteiger charge is -2.45. The maximum absolute atomic E-state index is 15.6. The molecule has 9 nitrogen and oxygen atoms in total. The normalized spacial score (nSPS) is 21.9. The molecule has 198 valence electrons. The van der Waals surface area contributed by atoms with Gasteiger partial charge in [0.15, 0.2) is 29.1 Å². The Morgan fingerprint density at radius 1 is 1.22 bits per heavy atom. The van der Waals surface area contributed by atoms with E-state index in [1.807, 2.05) is 0 Å². The Morgan fingerprint density at radius 3 is 2.51 bits per heavy atom. The Bertz CT molecular complexity index is 1250. The van der Waals surface area contributed by atoms with E-state index >= 15 is 4.39 Å². The average Bonchev–Trinajstić information content (AvgIpc) is 2.81. The van der Waals surface area contributed by atoms with Gasteiger partial charge in [0, 0.05) is 23.9 Å². The number of fused-ring (bicyclic) bond motifs is 1. The number of Topliss-reactive ketones (excluding diaryl/α,β-unsaturated/α-hetero) is 1. The van der Waals surface area contributed by atoms with Gasteiger partial charge in [0.25, 0.3) is 0 Å². The summed E-state index contributed by atoms with van der Waals surface area (Å²) < 4.78 is 54.7. The highest BCUT2D eigenvalue weighted by molar-refractivity contribution is 6.20. The standard InChI is InChI=1S/C25H27F3N4O5/c1-5-36-25(35)14-10-32(23-16(27)6-15(26)22(29)30-23)17-7-18(20(28)12(4)19(17)21(14)33)31-8-13(9-31)37-24(34)11(2)3/h6-7,10-13,19H,5,8-9H2,1-4H3,(H2,29,30). The molecular weight excluding hydrogens is 493 g/mol. The maximum Gasteiger partial charge on any atom is 0.343 e. The first-order valence-electron chi connectivity index (χ1n) is 11.8. The number of nitrogens with two attached hydrogens (primary N) is 1. The first-order valence-corrected chi connectivity index (χ1v) is 11.8. The Kier molecular flexibility index (Phi) is 7.03. The minimum absolute atomic E-state index is 0.0294. The number of nitrogens with zero attached hydrogens (tertiary/aromatic N) is 3. The minimum Gasteiger partial charge on any atom is -0.462 e. The van der Waals surface area contributed by atoms with Crippen LogP contribution >= 0.6 is 0 Å². The van der Waals surface area contributed by atoms with Crippen molar-refractivity contribution in [2.24, 2.45) is 17.8 Å². The van der Waals surface area contributed by atoms with Gasteiger partial charge in [-0.25, -0.2) is 22.9 Å². The van der Waals surface area contributed by atoms with Gasteiger partial charge in [-0.1, -0.05) is 20.8 Å². The van der Waals surface area contributed by atoms with Crippen LogP contribution in [0, 0.1) is 29.4 Å². The fraction of sp³-hybridized carbons (Fsp3) is 0.440. The summed E-state index contributed by atoms with van der Waals surface area (Å²) in [4.78, 5) is 44.2. The van der Waals surface area contributed by atoms with E-state index in [2.05, 4.69) is 4.98 Å². The Morgan fingerprint density at radius 2 is 1.89 bits per heavy atom. The highest BCUT2D eigenvalue weighted by atomic mass is 19.1. The Labute approximate surface area is 211 Å². The number of esters is 2. The smallest absolute Gasteiger partial charge is 0.343 e. The van der Waals surface area contributed by atoms with Crippen molar-refractivity contribution in [3.63, 3.8) is 0 Å². The van der Waals surface area contributed by atoms with Crippen LogP contribution in [0.5, 0.6) is 0 Å². The topological polar surface area (TPSA) is 115 Å². The largest absolute Gasteiger partial charge is 0.462 e. The lowest BCUT2D eigenvalue weighted by Crippen LogP contribution is -2.53. The van der Waals surface area contributed by atoms with Crippen LogP contribution in [-0.4, -0.2) is 53.4 Å². The van der Waals surface area contributed by atoms with Gasteiger partial charge >= 0.3 is 11.9 Å². The second-order valence-corrected chi connectivity index (χ2v) is 9.35. The van der Waals surface area contributed by atoms with Gasteiger partial charge in [-0.3, -0.25) is 9.59 Å². The molecule has 3 aliphatic rings. The maximum atomic E-state index is 15.6. The molecule has 1 aliphatic carbocycles. The fourth-order valence-corrected chi connectivity index (χ4v) is 4.39. The van der Waals surface area contributed by atoms with Gasteiger partial charge in [0.2, 0.25) is 0 Å². The van der Waals surface area contributed by atoms with Gasteiger partial charge in [-0.05, 0) is 13.0 Å². The van der Waals surface area contributed by atoms with Crippen molar-refractivity contribution < 1.29 is 37.0 Å². The van der Waals surface area contributed by atoms with Crippen LogP contribution in [0.25, 0.3) is 0 Å². The molecule has 2 N–H and O–H groups in total. The average molecular weight is 521 g/mol. The van der Waals surface area contributed by atoms with E-state index in [1.54, 1.807) is 25.7 Å². The van der Waals surface area contributed by atoms with Gasteiger partial charge < -0.3 is 25.0 Å². The van der Waals surface area contributed by atoms with E-state index in [0.29, 0.717) is 6.07 Å². The number of hydrogen-bond donors (Lipinski definition) is 1. The second kappa shape index (κ2) is 9.91. The van der Waals surface area contributed by atoms with E-state index in [1.165, 1.54) is 13.0 Å². The number of anilines is 2. The third-order valence-corrected chi connectivity index (χ3v) is 6.44. The molecule has 0 radical (unpaired) electrons. The minimum atomic E-state index is -1.21. The summed E-state index contributed by atoms with van der Waals surface area (Å²) in [6.07, 6.45) is 1.97. The molecular formula is C25H27F3N4O5. The van der Waals surface area contributed by atoms with E-state index in [-0.39, 0.29) is 43.0 Å². The number of pyridine rings is 1. The van der Waals surface area contributed by atoms with E-state index in [0.717, 1.165) is 11.1 Å². The number of rotatable bonds is 6. The van der Waals surface area contributed by atoms with E-state index in [9.17, 15) is 23.2 Å². The molecule has 0 spiro atoms. The van der Waals surface area contributed by atoms with Gasteiger partial charge in [-0.15, -0.1) is 0 Å². The number of allylic oxidation sites excluding steroid dienone is 3. The van der Waals surface area contributed by atoms with Gasteiger partial charge in [0.1, 0.15) is 17.5 Å². The SMILES string of the molecule is CCOC(=O)C1=CN(c2nc(N)c(F)cc2F)C2=CC(N3CC(OC(=O)C(C)C)C3)=C(F)C(C)C2C1=O. The monoisotopic (exact) mass is 520 g/mol. The van der Waals surface area contributed by atoms with Crippen molar-refractivity contribution in [3.8, 4) is 0 Å². The summed E-state index contributed by atoms with van der Waals surface area (Å²) in [6.45, 7) is 6.83. The molecule has 0 aromatic carbocycles. The highest BCUT2D eigenvalue weighted by Gasteiger charge is 2.47. The quantitative estimate of drug-likeness (QED) is 0.447. The summed E-state index contributed by atoms with van der Waals surface area (Å²) in [7, 11) is 0. The molecule has 1 aromatic heterocycles. The van der Waals surface area contributed by atoms with Crippen molar-refractivity contribution in [1.82, 2.24) is 9.88 Å². The summed E-state index contributed by atoms with van der Waals surface area (Å²) in [5.41, 5.74) is 5.39. The molecule has 0 amide bonds. The fourth-order valence-electron chi connectivity index (χ4n) is 4.39. The highest BCUT2D eigenvalue weighted by Crippen LogP contribution is 2.45. The van der Waals surface area contributed by atoms with Crippen LogP contribution in [0.15, 0.2) is 41.1 Å². The van der Waals surface area contributed by atoms with E-state index in [4.69, 9.17) is 15.2 Å². The molecule has 0 bridgehead atoms. The number of nitrogen functional groups attached to an aromatic ring is 1. The molecule has 0 saturated carbocycles. The number of carbonyl (C=O) groups is 3. The summed E-state index contributed by atoms with van der Waals surface area (Å²) in [5, 5.41) is 0. The molecule has 37 heavy (non-hydrogen) atoms. The van der Waals surface area contributed by atoms with Crippen LogP contribution in [0.1, 0.15) is 27.7 Å². The van der Waals surface area contributed by atoms with Crippen molar-refractivity contribution in [1.29, 1.82) is 0 Å². The van der Waals surface area contributed by atoms with Crippen LogP contribution in [-0.2, 0) is 23.9 Å². The summed E-state index contributed by atoms with van der Waals surface area (Å²) >= 11 is 0. The van der Waals surface area contributed by atoms with Gasteiger partial charge in [-0.2, -0.15) is 0 Å². The summed E-state index contributed by atoms with van der Waals surface area (Å²) in [5.74, 6) is -8.47. The first kappa shape index (κ1) is 26.2. The Hall–Kier alpha value is -3.83. The number of ether oxygens (including phenoxy) is 2. The molecule has 2 aliphatic heterocycles. The lowest BCUT2D eigenvalue weighted by molar-refractivity contribution is -0.159. The molecule has 1 aromatic rings. The van der Waals surface area contributed by atoms with Crippen molar-refractivity contribution in [3.05, 3.63) is 52.8 Å². The third-order valence-electron chi connectivity index (χ3n) is 6.44. The second-order valence-electron chi connectivity index (χ2n) is 9.35. The molecule has 1 fully saturated rings. The first-order chi connectivity index (χ1) is 17.4. The number of carbonyl (C=O) groups excluding carboxylic acids is 3.